The number of likely N-dealkylation sites (N-methyl/N-ethyl adjacent to an activating group) is 1. The van der Waals surface area contributed by atoms with Crippen molar-refractivity contribution in [1.29, 1.82) is 0 Å². The largest absolute Gasteiger partial charge is 0.309 e. The summed E-state index contributed by atoms with van der Waals surface area (Å²) in [5, 5.41) is 3.32. The fourth-order valence-corrected chi connectivity index (χ4v) is 2.41. The summed E-state index contributed by atoms with van der Waals surface area (Å²) >= 11 is 0. The summed E-state index contributed by atoms with van der Waals surface area (Å²) in [6, 6.07) is 0. The van der Waals surface area contributed by atoms with E-state index < -0.39 is 0 Å². The molecule has 0 radical (unpaired) electrons. The van der Waals surface area contributed by atoms with Crippen LogP contribution in [0.25, 0.3) is 0 Å². The van der Waals surface area contributed by atoms with Crippen molar-refractivity contribution in [3.63, 3.8) is 0 Å². The first-order chi connectivity index (χ1) is 8.71. The normalized spacial score (nSPS) is 15.3. The molecular weight excluding hydrogens is 222 g/mol. The van der Waals surface area contributed by atoms with Gasteiger partial charge in [-0.15, -0.1) is 0 Å². The zero-order valence-electron chi connectivity index (χ0n) is 12.8. The van der Waals surface area contributed by atoms with Crippen LogP contribution in [-0.4, -0.2) is 62.2 Å². The lowest BCUT2D eigenvalue weighted by atomic mass is 10.0. The molecule has 0 unspecified atom stereocenters. The molecule has 0 aliphatic carbocycles. The van der Waals surface area contributed by atoms with E-state index in [2.05, 4.69) is 42.8 Å². The zero-order valence-corrected chi connectivity index (χ0v) is 12.8. The molecule has 1 aliphatic rings. The number of nitrogens with one attached hydrogen (secondary N) is 1. The van der Waals surface area contributed by atoms with Crippen LogP contribution in [0.2, 0.25) is 0 Å². The smallest absolute Gasteiger partial charge is 0.0193 e. The molecule has 0 saturated carbocycles. The summed E-state index contributed by atoms with van der Waals surface area (Å²) in [5.74, 6) is 0. The molecule has 0 aromatic heterocycles. The molecule has 1 saturated heterocycles. The minimum absolute atomic E-state index is 1.11. The van der Waals surface area contributed by atoms with Crippen molar-refractivity contribution in [2.75, 3.05) is 52.4 Å². The fraction of sp³-hybridized carbons (Fsp3) is 0.867. The SMILES string of the molecule is CCN(CC)CCCN(CC)CC(C)=C1CNC1. The molecule has 0 bridgehead atoms. The first-order valence-electron chi connectivity index (χ1n) is 7.54. The topological polar surface area (TPSA) is 18.5 Å². The number of hydrogen-bond donors (Lipinski definition) is 1. The first kappa shape index (κ1) is 15.7. The summed E-state index contributed by atoms with van der Waals surface area (Å²) in [7, 11) is 0. The van der Waals surface area contributed by atoms with Crippen molar-refractivity contribution in [3.8, 4) is 0 Å². The molecule has 0 spiro atoms. The predicted octanol–water partition coefficient (Wildman–Crippen LogP) is 1.96. The van der Waals surface area contributed by atoms with Crippen LogP contribution in [0, 0.1) is 0 Å². The Balaban J connectivity index is 2.25. The first-order valence-corrected chi connectivity index (χ1v) is 7.54. The van der Waals surface area contributed by atoms with Gasteiger partial charge in [-0.2, -0.15) is 0 Å². The predicted molar refractivity (Wildman–Crippen MR) is 80.1 cm³/mol. The lowest BCUT2D eigenvalue weighted by Gasteiger charge is -2.27. The van der Waals surface area contributed by atoms with E-state index in [0.29, 0.717) is 0 Å². The van der Waals surface area contributed by atoms with Gasteiger partial charge in [0.25, 0.3) is 0 Å². The van der Waals surface area contributed by atoms with Gasteiger partial charge >= 0.3 is 0 Å². The van der Waals surface area contributed by atoms with Gasteiger partial charge in [0.2, 0.25) is 0 Å². The van der Waals surface area contributed by atoms with Gasteiger partial charge < -0.3 is 10.2 Å². The molecule has 1 heterocycles. The van der Waals surface area contributed by atoms with E-state index in [1.54, 1.807) is 11.1 Å². The van der Waals surface area contributed by atoms with Crippen molar-refractivity contribution >= 4 is 0 Å². The molecule has 3 nitrogen and oxygen atoms in total. The fourth-order valence-electron chi connectivity index (χ4n) is 2.41. The van der Waals surface area contributed by atoms with Crippen LogP contribution in [0.5, 0.6) is 0 Å². The average molecular weight is 253 g/mol. The van der Waals surface area contributed by atoms with Gasteiger partial charge in [-0.25, -0.2) is 0 Å². The Morgan fingerprint density at radius 1 is 1.00 bits per heavy atom. The highest BCUT2D eigenvalue weighted by Gasteiger charge is 2.12. The van der Waals surface area contributed by atoms with Crippen LogP contribution >= 0.6 is 0 Å². The van der Waals surface area contributed by atoms with Gasteiger partial charge in [0.05, 0.1) is 0 Å². The summed E-state index contributed by atoms with van der Waals surface area (Å²) < 4.78 is 0. The lowest BCUT2D eigenvalue weighted by molar-refractivity contribution is 0.253. The van der Waals surface area contributed by atoms with E-state index >= 15 is 0 Å². The van der Waals surface area contributed by atoms with Crippen molar-refractivity contribution in [2.24, 2.45) is 0 Å². The maximum absolute atomic E-state index is 3.32. The second-order valence-electron chi connectivity index (χ2n) is 5.24. The van der Waals surface area contributed by atoms with Gasteiger partial charge in [-0.1, -0.05) is 26.3 Å². The van der Waals surface area contributed by atoms with E-state index in [9.17, 15) is 0 Å². The quantitative estimate of drug-likeness (QED) is 0.634. The van der Waals surface area contributed by atoms with Crippen LogP contribution < -0.4 is 5.32 Å². The molecular formula is C15H31N3. The Morgan fingerprint density at radius 2 is 1.56 bits per heavy atom. The van der Waals surface area contributed by atoms with Gasteiger partial charge in [0, 0.05) is 19.6 Å². The number of hydrogen-bond acceptors (Lipinski definition) is 3. The Bertz CT molecular complexity index is 250. The van der Waals surface area contributed by atoms with E-state index in [1.807, 2.05) is 0 Å². The van der Waals surface area contributed by atoms with Crippen molar-refractivity contribution in [2.45, 2.75) is 34.1 Å². The third-order valence-corrected chi connectivity index (χ3v) is 4.03. The van der Waals surface area contributed by atoms with Gasteiger partial charge in [-0.05, 0) is 51.6 Å². The Hall–Kier alpha value is -0.380. The molecule has 0 aromatic carbocycles. The monoisotopic (exact) mass is 253 g/mol. The molecule has 0 amide bonds. The van der Waals surface area contributed by atoms with Crippen molar-refractivity contribution < 1.29 is 0 Å². The van der Waals surface area contributed by atoms with Crippen molar-refractivity contribution in [3.05, 3.63) is 11.1 Å². The Kier molecular flexibility index (Phi) is 7.56. The highest BCUT2D eigenvalue weighted by Crippen LogP contribution is 2.10. The minimum atomic E-state index is 1.11. The second kappa shape index (κ2) is 8.68. The standard InChI is InChI=1S/C15H31N3/c1-5-17(6-2)9-8-10-18(7-3)13-14(4)15-11-16-12-15/h16H,5-13H2,1-4H3. The summed E-state index contributed by atoms with van der Waals surface area (Å²) in [5.41, 5.74) is 3.20. The summed E-state index contributed by atoms with van der Waals surface area (Å²) in [6.07, 6.45) is 1.29. The molecule has 1 N–H and O–H groups in total. The van der Waals surface area contributed by atoms with Crippen LogP contribution in [0.3, 0.4) is 0 Å². The van der Waals surface area contributed by atoms with E-state index in [-0.39, 0.29) is 0 Å². The number of nitrogens with zero attached hydrogens (tertiary/aromatic N) is 2. The third kappa shape index (κ3) is 5.09. The van der Waals surface area contributed by atoms with Crippen LogP contribution in [-0.2, 0) is 0 Å². The second-order valence-corrected chi connectivity index (χ2v) is 5.24. The maximum Gasteiger partial charge on any atom is 0.0193 e. The highest BCUT2D eigenvalue weighted by atomic mass is 15.1. The summed E-state index contributed by atoms with van der Waals surface area (Å²) in [6.45, 7) is 18.4. The molecule has 1 fully saturated rings. The van der Waals surface area contributed by atoms with Gasteiger partial charge in [0.15, 0.2) is 0 Å². The summed E-state index contributed by atoms with van der Waals surface area (Å²) in [4.78, 5) is 5.08. The van der Waals surface area contributed by atoms with Gasteiger partial charge in [0.1, 0.15) is 0 Å². The molecule has 18 heavy (non-hydrogen) atoms. The Morgan fingerprint density at radius 3 is 2.00 bits per heavy atom. The molecule has 1 aliphatic heterocycles. The van der Waals surface area contributed by atoms with Gasteiger partial charge in [-0.3, -0.25) is 4.90 Å². The lowest BCUT2D eigenvalue weighted by Crippen LogP contribution is -2.37. The van der Waals surface area contributed by atoms with Crippen LogP contribution in [0.4, 0.5) is 0 Å². The van der Waals surface area contributed by atoms with Crippen LogP contribution in [0.15, 0.2) is 11.1 Å². The average Bonchev–Trinajstić information content (AvgIpc) is 2.31. The molecule has 1 rings (SSSR count). The van der Waals surface area contributed by atoms with E-state index in [0.717, 1.165) is 26.2 Å². The van der Waals surface area contributed by atoms with E-state index in [4.69, 9.17) is 0 Å². The molecule has 0 atom stereocenters. The van der Waals surface area contributed by atoms with E-state index in [1.165, 1.54) is 32.6 Å². The van der Waals surface area contributed by atoms with Crippen LogP contribution in [0.1, 0.15) is 34.1 Å². The molecule has 0 aromatic rings. The highest BCUT2D eigenvalue weighted by molar-refractivity contribution is 5.22. The minimum Gasteiger partial charge on any atom is -0.309 e. The third-order valence-electron chi connectivity index (χ3n) is 4.03. The molecule has 106 valence electrons. The Labute approximate surface area is 113 Å². The van der Waals surface area contributed by atoms with Crippen molar-refractivity contribution in [1.82, 2.24) is 15.1 Å². The number of rotatable bonds is 9. The maximum atomic E-state index is 3.32. The molecule has 3 heteroatoms. The zero-order chi connectivity index (χ0) is 13.4.